The van der Waals surface area contributed by atoms with Gasteiger partial charge in [-0.3, -0.25) is 0 Å². The Balaban J connectivity index is 0.000000336. The smallest absolute Gasteiger partial charge is 0.317 e. The quantitative estimate of drug-likeness (QED) is 0.775. The summed E-state index contributed by atoms with van der Waals surface area (Å²) in [4.78, 5) is 0. The average molecular weight is 269 g/mol. The second kappa shape index (κ2) is 6.71. The van der Waals surface area contributed by atoms with Gasteiger partial charge in [-0.15, -0.1) is 0 Å². The summed E-state index contributed by atoms with van der Waals surface area (Å²) in [5, 5.41) is 0. The third-order valence-electron chi connectivity index (χ3n) is 1.35. The molecule has 0 heterocycles. The van der Waals surface area contributed by atoms with E-state index < -0.39 is 8.26 Å². The van der Waals surface area contributed by atoms with Crippen molar-refractivity contribution in [3.63, 3.8) is 0 Å². The molecule has 0 spiro atoms. The van der Waals surface area contributed by atoms with Crippen LogP contribution in [0.1, 0.15) is 5.56 Å². The van der Waals surface area contributed by atoms with E-state index in [-0.39, 0.29) is 0 Å². The van der Waals surface area contributed by atoms with Crippen molar-refractivity contribution in [2.24, 2.45) is 0 Å². The molecule has 0 fully saturated rings. The molecule has 0 aliphatic carbocycles. The van der Waals surface area contributed by atoms with Gasteiger partial charge in [-0.2, -0.15) is 8.42 Å². The average Bonchev–Trinajstić information content (AvgIpc) is 2.15. The predicted octanol–water partition coefficient (Wildman–Crippen LogP) is 3.05. The second-order valence-electron chi connectivity index (χ2n) is 2.36. The van der Waals surface area contributed by atoms with Crippen LogP contribution >= 0.6 is 21.4 Å². The first-order chi connectivity index (χ1) is 6.86. The van der Waals surface area contributed by atoms with Crippen LogP contribution in [0.5, 0.6) is 5.75 Å². The molecule has 1 aromatic rings. The van der Waals surface area contributed by atoms with Gasteiger partial charge in [0.05, 0.1) is 7.11 Å². The highest BCUT2D eigenvalue weighted by Crippen LogP contribution is 2.11. The Labute approximate surface area is 98.2 Å². The Bertz CT molecular complexity index is 390. The third kappa shape index (κ3) is 9.59. The van der Waals surface area contributed by atoms with E-state index >= 15 is 0 Å². The Morgan fingerprint density at radius 1 is 1.27 bits per heavy atom. The van der Waals surface area contributed by atoms with E-state index in [9.17, 15) is 0 Å². The summed E-state index contributed by atoms with van der Waals surface area (Å²) in [5.41, 5.74) is 1.11. The molecule has 6 heteroatoms. The van der Waals surface area contributed by atoms with Gasteiger partial charge >= 0.3 is 8.26 Å². The maximum Gasteiger partial charge on any atom is 0.317 e. The fraction of sp³-hybridized carbons (Fsp3) is 0.111. The van der Waals surface area contributed by atoms with Gasteiger partial charge in [0, 0.05) is 21.4 Å². The molecular weight excluding hydrogens is 259 g/mol. The highest BCUT2D eigenvalue weighted by atomic mass is 36.0. The van der Waals surface area contributed by atoms with Crippen LogP contribution in [0.3, 0.4) is 0 Å². The van der Waals surface area contributed by atoms with Crippen LogP contribution in [-0.4, -0.2) is 15.5 Å². The maximum atomic E-state index is 9.16. The van der Waals surface area contributed by atoms with E-state index in [4.69, 9.17) is 13.2 Å². The minimum absolute atomic E-state index is 0.880. The molecule has 0 N–H and O–H groups in total. The summed E-state index contributed by atoms with van der Waals surface area (Å²) in [6.07, 6.45) is 1.80. The van der Waals surface area contributed by atoms with Crippen molar-refractivity contribution in [3.8, 4) is 5.75 Å². The first kappa shape index (κ1) is 14.3. The van der Waals surface area contributed by atoms with Crippen LogP contribution in [0.4, 0.5) is 0 Å². The lowest BCUT2D eigenvalue weighted by Gasteiger charge is -1.97. The van der Waals surface area contributed by atoms with Gasteiger partial charge in [0.15, 0.2) is 0 Å². The maximum absolute atomic E-state index is 9.16. The monoisotopic (exact) mass is 268 g/mol. The molecule has 0 aliphatic heterocycles. The topological polar surface area (TPSA) is 43.4 Å². The molecule has 0 atom stereocenters. The number of hydrogen-bond donors (Lipinski definition) is 0. The van der Waals surface area contributed by atoms with Crippen molar-refractivity contribution in [2.45, 2.75) is 0 Å². The highest BCUT2D eigenvalue weighted by Gasteiger charge is 1.89. The lowest BCUT2D eigenvalue weighted by Crippen LogP contribution is -1.80. The van der Waals surface area contributed by atoms with Crippen molar-refractivity contribution in [3.05, 3.63) is 36.4 Å². The summed E-state index contributed by atoms with van der Waals surface area (Å²) in [7, 11) is 6.47. The van der Waals surface area contributed by atoms with Gasteiger partial charge in [-0.05, 0) is 17.7 Å². The molecule has 84 valence electrons. The lowest BCUT2D eigenvalue weighted by molar-refractivity contribution is 0.415. The zero-order valence-electron chi connectivity index (χ0n) is 7.98. The summed E-state index contributed by atoms with van der Waals surface area (Å²) in [6, 6.07) is 7.76. The number of hydrogen-bond acceptors (Lipinski definition) is 3. The number of methoxy groups -OCH3 is 1. The molecule has 0 aliphatic rings. The van der Waals surface area contributed by atoms with E-state index in [0.717, 1.165) is 11.3 Å². The molecular formula is C9H10Cl2O3S. The summed E-state index contributed by atoms with van der Waals surface area (Å²) in [5.74, 6) is 0.880. The Hall–Kier alpha value is -0.710. The Morgan fingerprint density at radius 2 is 1.67 bits per heavy atom. The fourth-order valence-electron chi connectivity index (χ4n) is 0.740. The molecule has 3 nitrogen and oxygen atoms in total. The van der Waals surface area contributed by atoms with Crippen LogP contribution < -0.4 is 4.74 Å². The van der Waals surface area contributed by atoms with E-state index in [1.54, 1.807) is 13.2 Å². The van der Waals surface area contributed by atoms with Crippen LogP contribution in [0.15, 0.2) is 30.8 Å². The van der Waals surface area contributed by atoms with Gasteiger partial charge in [0.2, 0.25) is 0 Å². The molecule has 0 aromatic heterocycles. The van der Waals surface area contributed by atoms with Crippen LogP contribution in [0, 0.1) is 0 Å². The largest absolute Gasteiger partial charge is 0.497 e. The van der Waals surface area contributed by atoms with Crippen molar-refractivity contribution >= 4 is 35.7 Å². The number of rotatable bonds is 2. The summed E-state index contributed by atoms with van der Waals surface area (Å²) >= 11 is 0. The standard InChI is InChI=1S/C9H10O.Cl2O2S/c1-3-8-4-6-9(10-2)7-5-8;1-5(2,3)4/h3-7H,1H2,2H3;. The third-order valence-corrected chi connectivity index (χ3v) is 1.35. The zero-order valence-corrected chi connectivity index (χ0v) is 10.3. The zero-order chi connectivity index (χ0) is 11.9. The van der Waals surface area contributed by atoms with E-state index in [0.29, 0.717) is 0 Å². The molecule has 0 bridgehead atoms. The Kier molecular flexibility index (Phi) is 6.40. The minimum Gasteiger partial charge on any atom is -0.497 e. The SMILES string of the molecule is C=Cc1ccc(OC)cc1.O=S(=O)(Cl)Cl. The van der Waals surface area contributed by atoms with Crippen LogP contribution in [-0.2, 0) is 8.26 Å². The normalized spacial score (nSPS) is 9.80. The summed E-state index contributed by atoms with van der Waals surface area (Å²) in [6.45, 7) is 3.65. The van der Waals surface area contributed by atoms with Crippen molar-refractivity contribution in [1.29, 1.82) is 0 Å². The van der Waals surface area contributed by atoms with Gasteiger partial charge in [0.25, 0.3) is 0 Å². The van der Waals surface area contributed by atoms with Gasteiger partial charge in [-0.25, -0.2) is 0 Å². The highest BCUT2D eigenvalue weighted by molar-refractivity contribution is 8.31. The van der Waals surface area contributed by atoms with E-state index in [1.807, 2.05) is 24.3 Å². The van der Waals surface area contributed by atoms with Gasteiger partial charge in [0.1, 0.15) is 5.75 Å². The first-order valence-corrected chi connectivity index (χ1v) is 6.91. The van der Waals surface area contributed by atoms with Gasteiger partial charge in [-0.1, -0.05) is 24.8 Å². The van der Waals surface area contributed by atoms with Gasteiger partial charge < -0.3 is 4.74 Å². The molecule has 15 heavy (non-hydrogen) atoms. The molecule has 0 saturated heterocycles. The predicted molar refractivity (Wildman–Crippen MR) is 63.7 cm³/mol. The molecule has 1 rings (SSSR count). The number of benzene rings is 1. The lowest BCUT2D eigenvalue weighted by atomic mass is 10.2. The second-order valence-corrected chi connectivity index (χ2v) is 6.02. The Morgan fingerprint density at radius 3 is 1.93 bits per heavy atom. The number of halogens is 2. The fourth-order valence-corrected chi connectivity index (χ4v) is 0.740. The molecule has 0 radical (unpaired) electrons. The number of ether oxygens (including phenoxy) is 1. The van der Waals surface area contributed by atoms with Crippen LogP contribution in [0.2, 0.25) is 0 Å². The molecule has 0 unspecified atom stereocenters. The molecule has 0 amide bonds. The molecule has 0 saturated carbocycles. The minimum atomic E-state index is -3.72. The first-order valence-electron chi connectivity index (χ1n) is 3.77. The van der Waals surface area contributed by atoms with Crippen molar-refractivity contribution < 1.29 is 13.2 Å². The van der Waals surface area contributed by atoms with Crippen molar-refractivity contribution in [1.82, 2.24) is 0 Å². The summed E-state index contributed by atoms with van der Waals surface area (Å²) < 4.78 is 23.3. The molecule has 1 aromatic carbocycles. The van der Waals surface area contributed by atoms with Crippen molar-refractivity contribution in [2.75, 3.05) is 7.11 Å². The van der Waals surface area contributed by atoms with E-state index in [1.165, 1.54) is 0 Å². The van der Waals surface area contributed by atoms with E-state index in [2.05, 4.69) is 27.9 Å². The van der Waals surface area contributed by atoms with Crippen LogP contribution in [0.25, 0.3) is 6.08 Å².